The third-order valence-electron chi connectivity index (χ3n) is 2.55. The van der Waals surface area contributed by atoms with Crippen molar-refractivity contribution in [2.24, 2.45) is 0 Å². The van der Waals surface area contributed by atoms with E-state index in [9.17, 15) is 9.59 Å². The van der Waals surface area contributed by atoms with Crippen LogP contribution in [0.25, 0.3) is 5.65 Å². The maximum Gasteiger partial charge on any atom is 0.319 e. The Balaban J connectivity index is 1.87. The van der Waals surface area contributed by atoms with Crippen LogP contribution in [-0.2, 0) is 4.79 Å². The number of carbonyl (C=O) groups is 2. The molecule has 2 aromatic rings. The van der Waals surface area contributed by atoms with E-state index < -0.39 is 5.97 Å². The first kappa shape index (κ1) is 13.8. The van der Waals surface area contributed by atoms with Gasteiger partial charge in [0, 0.05) is 13.0 Å². The Morgan fingerprint density at radius 1 is 1.40 bits per heavy atom. The van der Waals surface area contributed by atoms with Crippen LogP contribution in [0.15, 0.2) is 18.3 Å². The number of anilines is 1. The monoisotopic (exact) mass is 277 g/mol. The van der Waals surface area contributed by atoms with Gasteiger partial charge < -0.3 is 15.7 Å². The molecule has 8 heteroatoms. The molecule has 2 rings (SSSR count). The fourth-order valence-electron chi connectivity index (χ4n) is 1.69. The molecule has 0 bridgehead atoms. The maximum atomic E-state index is 11.6. The molecule has 0 spiro atoms. The molecule has 0 fully saturated rings. The van der Waals surface area contributed by atoms with Crippen molar-refractivity contribution in [2.75, 3.05) is 11.9 Å². The normalized spacial score (nSPS) is 10.4. The zero-order valence-corrected chi connectivity index (χ0v) is 11.0. The van der Waals surface area contributed by atoms with Gasteiger partial charge in [-0.3, -0.25) is 4.79 Å². The summed E-state index contributed by atoms with van der Waals surface area (Å²) in [5.74, 6) is -0.223. The fourth-order valence-corrected chi connectivity index (χ4v) is 1.69. The average Bonchev–Trinajstić information content (AvgIpc) is 2.74. The summed E-state index contributed by atoms with van der Waals surface area (Å²) in [6.45, 7) is 2.10. The molecule has 20 heavy (non-hydrogen) atoms. The molecule has 2 amide bonds. The second kappa shape index (κ2) is 6.00. The number of aromatic nitrogens is 3. The fraction of sp³-hybridized carbons (Fsp3) is 0.333. The number of rotatable bonds is 5. The summed E-state index contributed by atoms with van der Waals surface area (Å²) < 4.78 is 1.58. The topological polar surface area (TPSA) is 109 Å². The number of fused-ring (bicyclic) bond motifs is 1. The average molecular weight is 277 g/mol. The summed E-state index contributed by atoms with van der Waals surface area (Å²) in [6.07, 6.45) is 2.08. The van der Waals surface area contributed by atoms with E-state index in [1.807, 2.05) is 0 Å². The van der Waals surface area contributed by atoms with Gasteiger partial charge in [0.2, 0.25) is 0 Å². The van der Waals surface area contributed by atoms with Gasteiger partial charge in [-0.1, -0.05) is 0 Å². The van der Waals surface area contributed by atoms with Crippen molar-refractivity contribution < 1.29 is 14.7 Å². The molecule has 0 radical (unpaired) electrons. The highest BCUT2D eigenvalue weighted by Gasteiger charge is 2.04. The molecule has 0 saturated carbocycles. The van der Waals surface area contributed by atoms with Crippen LogP contribution in [-0.4, -0.2) is 38.2 Å². The predicted molar refractivity (Wildman–Crippen MR) is 71.6 cm³/mol. The first-order valence-electron chi connectivity index (χ1n) is 6.14. The molecular formula is C12H15N5O3. The highest BCUT2D eigenvalue weighted by Crippen LogP contribution is 2.09. The molecule has 8 nitrogen and oxygen atoms in total. The zero-order chi connectivity index (χ0) is 14.5. The van der Waals surface area contributed by atoms with Gasteiger partial charge in [-0.2, -0.15) is 5.10 Å². The lowest BCUT2D eigenvalue weighted by Crippen LogP contribution is -2.29. The Kier molecular flexibility index (Phi) is 4.14. The number of aryl methyl sites for hydroxylation is 1. The lowest BCUT2D eigenvalue weighted by atomic mass is 10.3. The van der Waals surface area contributed by atoms with Crippen molar-refractivity contribution in [3.63, 3.8) is 0 Å². The first-order chi connectivity index (χ1) is 9.54. The van der Waals surface area contributed by atoms with Crippen molar-refractivity contribution in [3.05, 3.63) is 24.2 Å². The smallest absolute Gasteiger partial charge is 0.319 e. The maximum absolute atomic E-state index is 11.6. The number of hydrogen-bond acceptors (Lipinski definition) is 4. The number of carboxylic acids is 1. The first-order valence-corrected chi connectivity index (χ1v) is 6.14. The molecule has 2 aromatic heterocycles. The third-order valence-corrected chi connectivity index (χ3v) is 2.55. The van der Waals surface area contributed by atoms with Gasteiger partial charge in [-0.05, 0) is 25.5 Å². The second-order valence-electron chi connectivity index (χ2n) is 4.26. The third kappa shape index (κ3) is 3.67. The van der Waals surface area contributed by atoms with Crippen LogP contribution < -0.4 is 10.6 Å². The Morgan fingerprint density at radius 3 is 2.95 bits per heavy atom. The van der Waals surface area contributed by atoms with Crippen molar-refractivity contribution in [1.29, 1.82) is 0 Å². The summed E-state index contributed by atoms with van der Waals surface area (Å²) in [5.41, 5.74) is 1.29. The van der Waals surface area contributed by atoms with Crippen molar-refractivity contribution in [3.8, 4) is 0 Å². The Bertz CT molecular complexity index is 637. The van der Waals surface area contributed by atoms with Gasteiger partial charge in [0.05, 0.1) is 11.9 Å². The van der Waals surface area contributed by atoms with E-state index in [4.69, 9.17) is 5.11 Å². The lowest BCUT2D eigenvalue weighted by molar-refractivity contribution is -0.137. The number of pyridine rings is 1. The van der Waals surface area contributed by atoms with Crippen molar-refractivity contribution >= 4 is 23.3 Å². The molecule has 0 atom stereocenters. The number of amides is 2. The van der Waals surface area contributed by atoms with Gasteiger partial charge in [-0.15, -0.1) is 0 Å². The van der Waals surface area contributed by atoms with E-state index in [2.05, 4.69) is 20.7 Å². The zero-order valence-electron chi connectivity index (χ0n) is 11.0. The quantitative estimate of drug-likeness (QED) is 0.707. The van der Waals surface area contributed by atoms with Gasteiger partial charge >= 0.3 is 12.0 Å². The lowest BCUT2D eigenvalue weighted by Gasteiger charge is -2.06. The second-order valence-corrected chi connectivity index (χ2v) is 4.26. The summed E-state index contributed by atoms with van der Waals surface area (Å²) in [5, 5.41) is 17.8. The Hall–Kier alpha value is -2.64. The van der Waals surface area contributed by atoms with E-state index in [1.54, 1.807) is 29.8 Å². The van der Waals surface area contributed by atoms with E-state index in [-0.39, 0.29) is 12.5 Å². The Labute approximate surface area is 114 Å². The molecule has 0 aliphatic rings. The van der Waals surface area contributed by atoms with Crippen LogP contribution >= 0.6 is 0 Å². The molecule has 0 unspecified atom stereocenters. The summed E-state index contributed by atoms with van der Waals surface area (Å²) in [6, 6.07) is 3.09. The molecule has 0 aliphatic carbocycles. The minimum atomic E-state index is -0.876. The van der Waals surface area contributed by atoms with Gasteiger partial charge in [0.25, 0.3) is 0 Å². The van der Waals surface area contributed by atoms with Gasteiger partial charge in [0.1, 0.15) is 5.82 Å². The molecular weight excluding hydrogens is 262 g/mol. The number of carboxylic acid groups (broad SMARTS) is 1. The number of hydrogen-bond donors (Lipinski definition) is 3. The molecule has 2 heterocycles. The van der Waals surface area contributed by atoms with Crippen LogP contribution in [0.1, 0.15) is 18.7 Å². The van der Waals surface area contributed by atoms with Crippen molar-refractivity contribution in [1.82, 2.24) is 19.9 Å². The van der Waals surface area contributed by atoms with E-state index >= 15 is 0 Å². The van der Waals surface area contributed by atoms with Crippen LogP contribution in [0.4, 0.5) is 10.5 Å². The number of aliphatic carboxylic acids is 1. The van der Waals surface area contributed by atoms with E-state index in [1.165, 1.54) is 0 Å². The van der Waals surface area contributed by atoms with Crippen LogP contribution in [0, 0.1) is 6.92 Å². The highest BCUT2D eigenvalue weighted by atomic mass is 16.4. The predicted octanol–water partition coefficient (Wildman–Crippen LogP) is 1.02. The number of carbonyl (C=O) groups excluding carboxylic acids is 1. The molecule has 0 saturated heterocycles. The molecule has 0 aliphatic heterocycles. The van der Waals surface area contributed by atoms with Gasteiger partial charge in [0.15, 0.2) is 5.65 Å². The SMILES string of the molecule is Cc1nc2ccc(NC(=O)NCCCC(=O)O)cn2n1. The number of urea groups is 1. The van der Waals surface area contributed by atoms with E-state index in [0.29, 0.717) is 30.1 Å². The van der Waals surface area contributed by atoms with Crippen molar-refractivity contribution in [2.45, 2.75) is 19.8 Å². The van der Waals surface area contributed by atoms with E-state index in [0.717, 1.165) is 0 Å². The molecule has 0 aromatic carbocycles. The number of nitrogens with zero attached hydrogens (tertiary/aromatic N) is 3. The van der Waals surface area contributed by atoms with Crippen LogP contribution in [0.2, 0.25) is 0 Å². The summed E-state index contributed by atoms with van der Waals surface area (Å²) in [7, 11) is 0. The molecule has 106 valence electrons. The minimum absolute atomic E-state index is 0.0322. The van der Waals surface area contributed by atoms with Crippen LogP contribution in [0.3, 0.4) is 0 Å². The summed E-state index contributed by atoms with van der Waals surface area (Å²) in [4.78, 5) is 26.1. The Morgan fingerprint density at radius 2 is 2.20 bits per heavy atom. The number of nitrogens with one attached hydrogen (secondary N) is 2. The van der Waals surface area contributed by atoms with Gasteiger partial charge in [-0.25, -0.2) is 14.3 Å². The molecule has 3 N–H and O–H groups in total. The van der Waals surface area contributed by atoms with Crippen LogP contribution in [0.5, 0.6) is 0 Å². The highest BCUT2D eigenvalue weighted by molar-refractivity contribution is 5.89. The minimum Gasteiger partial charge on any atom is -0.481 e. The largest absolute Gasteiger partial charge is 0.481 e. The summed E-state index contributed by atoms with van der Waals surface area (Å²) >= 11 is 0. The standard InChI is InChI=1S/C12H15N5O3/c1-8-14-10-5-4-9(7-17(10)16-8)15-12(20)13-6-2-3-11(18)19/h4-5,7H,2-3,6H2,1H3,(H,18,19)(H2,13,15,20).